The predicted octanol–water partition coefficient (Wildman–Crippen LogP) is 3.53. The molecule has 0 amide bonds. The molecule has 2 aromatic carbocycles. The molecule has 0 saturated heterocycles. The Kier molecular flexibility index (Phi) is 3.51. The van der Waals surface area contributed by atoms with E-state index in [9.17, 15) is 13.9 Å². The second-order valence-electron chi connectivity index (χ2n) is 4.90. The van der Waals surface area contributed by atoms with Crippen LogP contribution in [0.2, 0.25) is 0 Å². The summed E-state index contributed by atoms with van der Waals surface area (Å²) in [6.07, 6.45) is -1.65. The van der Waals surface area contributed by atoms with Gasteiger partial charge < -0.3 is 14.6 Å². The van der Waals surface area contributed by atoms with Crippen molar-refractivity contribution in [2.24, 2.45) is 0 Å². The maximum Gasteiger partial charge on any atom is 0.133 e. The summed E-state index contributed by atoms with van der Waals surface area (Å²) < 4.78 is 38.4. The van der Waals surface area contributed by atoms with E-state index in [4.69, 9.17) is 9.47 Å². The van der Waals surface area contributed by atoms with E-state index >= 15 is 0 Å². The molecule has 5 heteroatoms. The average Bonchev–Trinajstić information content (AvgIpc) is 2.47. The lowest BCUT2D eigenvalue weighted by molar-refractivity contribution is 0.0619. The van der Waals surface area contributed by atoms with Gasteiger partial charge in [0.2, 0.25) is 0 Å². The van der Waals surface area contributed by atoms with Crippen LogP contribution >= 0.6 is 0 Å². The molecular formula is C16H14F2O3. The van der Waals surface area contributed by atoms with Crippen LogP contribution in [0.25, 0.3) is 0 Å². The SMILES string of the molecule is COc1ccc2c(c1)[C@@H](O)CC(c1c(F)cccc1F)O2. The number of hydrogen-bond acceptors (Lipinski definition) is 3. The van der Waals surface area contributed by atoms with Crippen molar-refractivity contribution >= 4 is 0 Å². The Morgan fingerprint density at radius 2 is 1.90 bits per heavy atom. The van der Waals surface area contributed by atoms with Crippen LogP contribution in [-0.4, -0.2) is 12.2 Å². The fourth-order valence-electron chi connectivity index (χ4n) is 2.55. The topological polar surface area (TPSA) is 38.7 Å². The molecule has 0 spiro atoms. The van der Waals surface area contributed by atoms with Crippen molar-refractivity contribution in [3.63, 3.8) is 0 Å². The predicted molar refractivity (Wildman–Crippen MR) is 72.3 cm³/mol. The molecule has 1 aliphatic heterocycles. The number of ether oxygens (including phenoxy) is 2. The molecule has 0 aliphatic carbocycles. The van der Waals surface area contributed by atoms with E-state index in [1.165, 1.54) is 25.3 Å². The van der Waals surface area contributed by atoms with E-state index in [2.05, 4.69) is 0 Å². The highest BCUT2D eigenvalue weighted by Gasteiger charge is 2.31. The second kappa shape index (κ2) is 5.33. The van der Waals surface area contributed by atoms with Crippen molar-refractivity contribution in [3.05, 3.63) is 59.2 Å². The fourth-order valence-corrected chi connectivity index (χ4v) is 2.55. The molecule has 0 saturated carbocycles. The molecule has 1 heterocycles. The molecule has 2 aromatic rings. The van der Waals surface area contributed by atoms with E-state index in [0.717, 1.165) is 0 Å². The quantitative estimate of drug-likeness (QED) is 0.920. The molecule has 0 radical (unpaired) electrons. The highest BCUT2D eigenvalue weighted by Crippen LogP contribution is 2.43. The Bertz CT molecular complexity index is 652. The minimum Gasteiger partial charge on any atom is -0.497 e. The van der Waals surface area contributed by atoms with Crippen molar-refractivity contribution in [1.29, 1.82) is 0 Å². The third kappa shape index (κ3) is 2.45. The first-order valence-corrected chi connectivity index (χ1v) is 6.56. The molecular weight excluding hydrogens is 278 g/mol. The van der Waals surface area contributed by atoms with Gasteiger partial charge in [0, 0.05) is 12.0 Å². The Morgan fingerprint density at radius 3 is 2.57 bits per heavy atom. The third-order valence-electron chi connectivity index (χ3n) is 3.60. The zero-order valence-electron chi connectivity index (χ0n) is 11.3. The van der Waals surface area contributed by atoms with Crippen molar-refractivity contribution in [2.75, 3.05) is 7.11 Å². The van der Waals surface area contributed by atoms with Crippen LogP contribution in [0.5, 0.6) is 11.5 Å². The van der Waals surface area contributed by atoms with Gasteiger partial charge in [0.15, 0.2) is 0 Å². The molecule has 0 fully saturated rings. The zero-order chi connectivity index (χ0) is 15.0. The Balaban J connectivity index is 1.99. The van der Waals surface area contributed by atoms with Gasteiger partial charge in [0.05, 0.1) is 18.8 Å². The van der Waals surface area contributed by atoms with Gasteiger partial charge >= 0.3 is 0 Å². The highest BCUT2D eigenvalue weighted by molar-refractivity contribution is 5.44. The van der Waals surface area contributed by atoms with Gasteiger partial charge in [-0.3, -0.25) is 0 Å². The largest absolute Gasteiger partial charge is 0.497 e. The van der Waals surface area contributed by atoms with Crippen molar-refractivity contribution in [3.8, 4) is 11.5 Å². The van der Waals surface area contributed by atoms with Crippen molar-refractivity contribution in [1.82, 2.24) is 0 Å². The molecule has 1 N–H and O–H groups in total. The minimum atomic E-state index is -0.868. The monoisotopic (exact) mass is 292 g/mol. The Morgan fingerprint density at radius 1 is 1.19 bits per heavy atom. The van der Waals surface area contributed by atoms with Gasteiger partial charge in [-0.1, -0.05) is 6.07 Å². The molecule has 0 bridgehead atoms. The maximum absolute atomic E-state index is 13.8. The fraction of sp³-hybridized carbons (Fsp3) is 0.250. The van der Waals surface area contributed by atoms with Crippen molar-refractivity contribution in [2.45, 2.75) is 18.6 Å². The van der Waals surface area contributed by atoms with Crippen LogP contribution in [0.3, 0.4) is 0 Å². The second-order valence-corrected chi connectivity index (χ2v) is 4.90. The first-order valence-electron chi connectivity index (χ1n) is 6.56. The van der Waals surface area contributed by atoms with E-state index in [1.54, 1.807) is 18.2 Å². The average molecular weight is 292 g/mol. The lowest BCUT2D eigenvalue weighted by Crippen LogP contribution is -2.21. The van der Waals surface area contributed by atoms with Gasteiger partial charge in [-0.05, 0) is 30.3 Å². The van der Waals surface area contributed by atoms with Gasteiger partial charge in [-0.2, -0.15) is 0 Å². The Labute approximate surface area is 120 Å². The molecule has 0 aromatic heterocycles. The minimum absolute atomic E-state index is 0.0814. The summed E-state index contributed by atoms with van der Waals surface area (Å²) >= 11 is 0. The molecule has 1 unspecified atom stereocenters. The summed E-state index contributed by atoms with van der Waals surface area (Å²) in [4.78, 5) is 0. The molecule has 1 aliphatic rings. The number of rotatable bonds is 2. The number of hydrogen-bond donors (Lipinski definition) is 1. The summed E-state index contributed by atoms with van der Waals surface area (Å²) in [6, 6.07) is 8.61. The van der Waals surface area contributed by atoms with Gasteiger partial charge in [-0.15, -0.1) is 0 Å². The normalized spacial score (nSPS) is 20.6. The lowest BCUT2D eigenvalue weighted by Gasteiger charge is -2.30. The Hall–Kier alpha value is -2.14. The zero-order valence-corrected chi connectivity index (χ0v) is 11.3. The van der Waals surface area contributed by atoms with Crippen LogP contribution < -0.4 is 9.47 Å². The van der Waals surface area contributed by atoms with Crippen LogP contribution in [0.15, 0.2) is 36.4 Å². The first-order chi connectivity index (χ1) is 10.1. The summed E-state index contributed by atoms with van der Waals surface area (Å²) in [5, 5.41) is 10.2. The number of aliphatic hydroxyl groups excluding tert-OH is 1. The van der Waals surface area contributed by atoms with E-state index in [1.807, 2.05) is 0 Å². The van der Waals surface area contributed by atoms with Crippen LogP contribution in [0, 0.1) is 11.6 Å². The van der Waals surface area contributed by atoms with E-state index in [-0.39, 0.29) is 12.0 Å². The van der Waals surface area contributed by atoms with Crippen LogP contribution in [0.4, 0.5) is 8.78 Å². The van der Waals surface area contributed by atoms with Crippen LogP contribution in [-0.2, 0) is 0 Å². The maximum atomic E-state index is 13.8. The number of methoxy groups -OCH3 is 1. The number of benzene rings is 2. The highest BCUT2D eigenvalue weighted by atomic mass is 19.1. The van der Waals surface area contributed by atoms with Gasteiger partial charge in [0.1, 0.15) is 29.2 Å². The molecule has 21 heavy (non-hydrogen) atoms. The van der Waals surface area contributed by atoms with E-state index in [0.29, 0.717) is 17.1 Å². The number of halogens is 2. The van der Waals surface area contributed by atoms with E-state index < -0.39 is 23.8 Å². The smallest absolute Gasteiger partial charge is 0.133 e. The number of fused-ring (bicyclic) bond motifs is 1. The molecule has 2 atom stereocenters. The number of aliphatic hydroxyl groups is 1. The molecule has 3 nitrogen and oxygen atoms in total. The summed E-state index contributed by atoms with van der Waals surface area (Å²) in [6.45, 7) is 0. The lowest BCUT2D eigenvalue weighted by atomic mass is 9.94. The molecule has 3 rings (SSSR count). The standard InChI is InChI=1S/C16H14F2O3/c1-20-9-5-6-14-10(7-9)13(19)8-15(21-14)16-11(17)3-2-4-12(16)18/h2-7,13,15,19H,8H2,1H3/t13-,15?/m0/s1. The summed E-state index contributed by atoms with van der Waals surface area (Å²) in [5.41, 5.74) is 0.403. The van der Waals surface area contributed by atoms with Gasteiger partial charge in [0.25, 0.3) is 0 Å². The first kappa shape index (κ1) is 13.8. The third-order valence-corrected chi connectivity index (χ3v) is 3.60. The summed E-state index contributed by atoms with van der Waals surface area (Å²) in [7, 11) is 1.52. The van der Waals surface area contributed by atoms with Crippen LogP contribution in [0.1, 0.15) is 29.8 Å². The molecule has 110 valence electrons. The summed E-state index contributed by atoms with van der Waals surface area (Å²) in [5.74, 6) is -0.359. The van der Waals surface area contributed by atoms with Gasteiger partial charge in [-0.25, -0.2) is 8.78 Å². The van der Waals surface area contributed by atoms with Crippen molar-refractivity contribution < 1.29 is 23.4 Å².